The van der Waals surface area contributed by atoms with Gasteiger partial charge in [0.1, 0.15) is 12.2 Å². The topological polar surface area (TPSA) is 119 Å². The van der Waals surface area contributed by atoms with Crippen LogP contribution in [0.3, 0.4) is 0 Å². The minimum absolute atomic E-state index is 0.357. The van der Waals surface area contributed by atoms with Crippen LogP contribution in [0.25, 0.3) is 0 Å². The third kappa shape index (κ3) is 2.86. The van der Waals surface area contributed by atoms with Gasteiger partial charge in [-0.05, 0) is 0 Å². The second-order valence-electron chi connectivity index (χ2n) is 3.57. The highest BCUT2D eigenvalue weighted by Crippen LogP contribution is 2.25. The lowest BCUT2D eigenvalue weighted by Gasteiger charge is -2.41. The standard InChI is InChI=1S/C8H15NO6/c1-4(11)9-8(14)2-5(12)7(13)6(3-10)15-8/h5-7,10,12-14H,2-3H2,1H3,(H,9,11)/t5-,6-,7+,8+/m1/s1. The molecule has 7 heteroatoms. The molecule has 1 amide bonds. The van der Waals surface area contributed by atoms with Crippen molar-refractivity contribution in [1.82, 2.24) is 5.32 Å². The molecule has 1 aliphatic rings. The number of carbonyl (C=O) groups is 1. The highest BCUT2D eigenvalue weighted by molar-refractivity contribution is 5.73. The Labute approximate surface area is 86.3 Å². The monoisotopic (exact) mass is 221 g/mol. The van der Waals surface area contributed by atoms with E-state index in [-0.39, 0.29) is 6.42 Å². The van der Waals surface area contributed by atoms with Crippen LogP contribution in [-0.2, 0) is 9.53 Å². The van der Waals surface area contributed by atoms with Gasteiger partial charge >= 0.3 is 0 Å². The molecule has 5 N–H and O–H groups in total. The van der Waals surface area contributed by atoms with E-state index in [2.05, 4.69) is 5.32 Å². The van der Waals surface area contributed by atoms with Gasteiger partial charge in [-0.15, -0.1) is 0 Å². The third-order valence-electron chi connectivity index (χ3n) is 2.16. The predicted octanol–water partition coefficient (Wildman–Crippen LogP) is -2.73. The molecule has 0 unspecified atom stereocenters. The number of hydrogen-bond acceptors (Lipinski definition) is 6. The largest absolute Gasteiger partial charge is 0.394 e. The van der Waals surface area contributed by atoms with Gasteiger partial charge in [-0.2, -0.15) is 0 Å². The van der Waals surface area contributed by atoms with Crippen molar-refractivity contribution in [3.05, 3.63) is 0 Å². The van der Waals surface area contributed by atoms with Crippen LogP contribution in [0.4, 0.5) is 0 Å². The second kappa shape index (κ2) is 4.42. The highest BCUT2D eigenvalue weighted by Gasteiger charge is 2.45. The molecule has 1 heterocycles. The zero-order valence-corrected chi connectivity index (χ0v) is 8.25. The van der Waals surface area contributed by atoms with Crippen LogP contribution in [0, 0.1) is 0 Å². The van der Waals surface area contributed by atoms with Crippen molar-refractivity contribution in [3.8, 4) is 0 Å². The van der Waals surface area contributed by atoms with Gasteiger partial charge in [0.2, 0.25) is 5.91 Å². The molecule has 0 radical (unpaired) electrons. The summed E-state index contributed by atoms with van der Waals surface area (Å²) in [5.74, 6) is -2.59. The number of nitrogens with one attached hydrogen (secondary N) is 1. The van der Waals surface area contributed by atoms with Crippen LogP contribution < -0.4 is 5.32 Å². The van der Waals surface area contributed by atoms with Crippen molar-refractivity contribution < 1.29 is 30.0 Å². The number of ether oxygens (including phenoxy) is 1. The summed E-state index contributed by atoms with van der Waals surface area (Å²) in [5.41, 5.74) is 0. The maximum absolute atomic E-state index is 10.7. The van der Waals surface area contributed by atoms with E-state index in [0.717, 1.165) is 0 Å². The Bertz CT molecular complexity index is 247. The SMILES string of the molecule is CC(=O)N[C@]1(O)C[C@@H](O)[C@H](O)[C@@H](CO)O1. The molecule has 1 rings (SSSR count). The molecule has 4 atom stereocenters. The van der Waals surface area contributed by atoms with E-state index in [0.29, 0.717) is 0 Å². The lowest BCUT2D eigenvalue weighted by atomic mass is 9.99. The number of hydrogen-bond donors (Lipinski definition) is 5. The first-order valence-corrected chi connectivity index (χ1v) is 4.54. The third-order valence-corrected chi connectivity index (χ3v) is 2.16. The number of aliphatic hydroxyl groups excluding tert-OH is 3. The van der Waals surface area contributed by atoms with Gasteiger partial charge in [-0.25, -0.2) is 0 Å². The maximum atomic E-state index is 10.7. The molecule has 0 aromatic carbocycles. The minimum Gasteiger partial charge on any atom is -0.394 e. The predicted molar refractivity (Wildman–Crippen MR) is 47.4 cm³/mol. The summed E-state index contributed by atoms with van der Waals surface area (Å²) in [4.78, 5) is 10.7. The fourth-order valence-corrected chi connectivity index (χ4v) is 1.52. The van der Waals surface area contributed by atoms with Crippen molar-refractivity contribution in [2.75, 3.05) is 6.61 Å². The minimum atomic E-state index is -2.04. The average Bonchev–Trinajstić information content (AvgIpc) is 2.09. The molecular weight excluding hydrogens is 206 g/mol. The first-order chi connectivity index (χ1) is 6.88. The molecule has 0 saturated carbocycles. The zero-order valence-electron chi connectivity index (χ0n) is 8.25. The van der Waals surface area contributed by atoms with E-state index in [1.54, 1.807) is 0 Å². The average molecular weight is 221 g/mol. The van der Waals surface area contributed by atoms with Crippen LogP contribution in [0.2, 0.25) is 0 Å². The van der Waals surface area contributed by atoms with E-state index in [9.17, 15) is 20.1 Å². The number of carbonyl (C=O) groups excluding carboxylic acids is 1. The molecule has 88 valence electrons. The van der Waals surface area contributed by atoms with E-state index in [4.69, 9.17) is 9.84 Å². The molecule has 1 saturated heterocycles. The highest BCUT2D eigenvalue weighted by atomic mass is 16.7. The quantitative estimate of drug-likeness (QED) is 0.323. The van der Waals surface area contributed by atoms with Crippen LogP contribution in [0.1, 0.15) is 13.3 Å². The lowest BCUT2D eigenvalue weighted by Crippen LogP contribution is -2.62. The van der Waals surface area contributed by atoms with Crippen molar-refractivity contribution >= 4 is 5.91 Å². The van der Waals surface area contributed by atoms with Gasteiger partial charge in [-0.1, -0.05) is 0 Å². The summed E-state index contributed by atoms with van der Waals surface area (Å²) in [6.07, 6.45) is -4.05. The van der Waals surface area contributed by atoms with Crippen LogP contribution in [-0.4, -0.2) is 57.2 Å². The Balaban J connectivity index is 2.73. The van der Waals surface area contributed by atoms with Crippen LogP contribution in [0.15, 0.2) is 0 Å². The van der Waals surface area contributed by atoms with Gasteiger partial charge in [0.05, 0.1) is 19.1 Å². The van der Waals surface area contributed by atoms with Crippen molar-refractivity contribution in [2.24, 2.45) is 0 Å². The Hall–Kier alpha value is -0.730. The van der Waals surface area contributed by atoms with E-state index >= 15 is 0 Å². The number of amides is 1. The Kier molecular flexibility index (Phi) is 3.63. The van der Waals surface area contributed by atoms with E-state index in [1.165, 1.54) is 6.92 Å². The van der Waals surface area contributed by atoms with Crippen molar-refractivity contribution in [1.29, 1.82) is 0 Å². The second-order valence-corrected chi connectivity index (χ2v) is 3.57. The number of rotatable bonds is 2. The molecule has 15 heavy (non-hydrogen) atoms. The summed E-state index contributed by atoms with van der Waals surface area (Å²) in [5, 5.41) is 39.3. The molecular formula is C8H15NO6. The summed E-state index contributed by atoms with van der Waals surface area (Å²) >= 11 is 0. The molecule has 1 aliphatic heterocycles. The molecule has 7 nitrogen and oxygen atoms in total. The molecule has 0 bridgehead atoms. The van der Waals surface area contributed by atoms with Gasteiger partial charge in [0, 0.05) is 6.92 Å². The summed E-state index contributed by atoms with van der Waals surface area (Å²) in [6.45, 7) is 0.604. The van der Waals surface area contributed by atoms with Crippen molar-refractivity contribution in [2.45, 2.75) is 37.6 Å². The molecule has 0 spiro atoms. The van der Waals surface area contributed by atoms with Crippen molar-refractivity contribution in [3.63, 3.8) is 0 Å². The van der Waals surface area contributed by atoms with Crippen LogP contribution in [0.5, 0.6) is 0 Å². The maximum Gasteiger partial charge on any atom is 0.251 e. The van der Waals surface area contributed by atoms with E-state index < -0.39 is 36.7 Å². The first kappa shape index (κ1) is 12.3. The number of aliphatic hydroxyl groups is 4. The summed E-state index contributed by atoms with van der Waals surface area (Å²) in [7, 11) is 0. The molecule has 1 fully saturated rings. The normalized spacial score (nSPS) is 41.3. The van der Waals surface area contributed by atoms with Gasteiger partial charge in [-0.3, -0.25) is 4.79 Å². The van der Waals surface area contributed by atoms with E-state index in [1.807, 2.05) is 0 Å². The zero-order chi connectivity index (χ0) is 11.6. The fraction of sp³-hybridized carbons (Fsp3) is 0.875. The first-order valence-electron chi connectivity index (χ1n) is 4.54. The summed E-state index contributed by atoms with van der Waals surface area (Å²) in [6, 6.07) is 0. The fourth-order valence-electron chi connectivity index (χ4n) is 1.52. The molecule has 0 aromatic rings. The van der Waals surface area contributed by atoms with Gasteiger partial charge in [0.25, 0.3) is 5.91 Å². The van der Waals surface area contributed by atoms with Crippen LogP contribution >= 0.6 is 0 Å². The smallest absolute Gasteiger partial charge is 0.251 e. The Morgan fingerprint density at radius 1 is 1.60 bits per heavy atom. The summed E-state index contributed by atoms with van der Waals surface area (Å²) < 4.78 is 4.88. The molecule has 0 aromatic heterocycles. The molecule has 0 aliphatic carbocycles. The lowest BCUT2D eigenvalue weighted by molar-refractivity contribution is -0.315. The Morgan fingerprint density at radius 2 is 2.20 bits per heavy atom. The van der Waals surface area contributed by atoms with Gasteiger partial charge < -0.3 is 30.5 Å². The van der Waals surface area contributed by atoms with Gasteiger partial charge in [0.15, 0.2) is 0 Å². The Morgan fingerprint density at radius 3 is 2.67 bits per heavy atom.